The van der Waals surface area contributed by atoms with Gasteiger partial charge in [0.05, 0.1) is 12.1 Å². The van der Waals surface area contributed by atoms with Crippen LogP contribution in [-0.2, 0) is 9.59 Å². The van der Waals surface area contributed by atoms with Crippen LogP contribution in [0.2, 0.25) is 0 Å². The molecule has 0 fully saturated rings. The molecule has 0 aliphatic carbocycles. The number of rotatable bonds is 8. The fourth-order valence-corrected chi connectivity index (χ4v) is 2.32. The molecule has 3 amide bonds. The van der Waals surface area contributed by atoms with Crippen LogP contribution in [0.15, 0.2) is 48.5 Å². The van der Waals surface area contributed by atoms with E-state index in [0.29, 0.717) is 29.0 Å². The van der Waals surface area contributed by atoms with Crippen molar-refractivity contribution in [3.05, 3.63) is 54.1 Å². The largest absolute Gasteiger partial charge is 0.376 e. The molecule has 2 aromatic carbocycles. The molecule has 0 bridgehead atoms. The average molecular weight is 354 g/mol. The smallest absolute Gasteiger partial charge is 0.250 e. The van der Waals surface area contributed by atoms with Crippen molar-refractivity contribution in [1.82, 2.24) is 0 Å². The summed E-state index contributed by atoms with van der Waals surface area (Å²) in [6.07, 6.45) is 1.25. The van der Waals surface area contributed by atoms with Crippen LogP contribution < -0.4 is 21.7 Å². The van der Waals surface area contributed by atoms with Crippen LogP contribution in [0.5, 0.6) is 0 Å². The molecule has 7 nitrogen and oxygen atoms in total. The molecule has 0 aliphatic rings. The monoisotopic (exact) mass is 354 g/mol. The molecule has 136 valence electrons. The van der Waals surface area contributed by atoms with Crippen LogP contribution in [0, 0.1) is 0 Å². The van der Waals surface area contributed by atoms with Gasteiger partial charge in [-0.15, -0.1) is 0 Å². The summed E-state index contributed by atoms with van der Waals surface area (Å²) in [7, 11) is 0. The third-order valence-electron chi connectivity index (χ3n) is 3.56. The number of carbonyl (C=O) groups is 3. The molecule has 2 aromatic rings. The first-order valence-corrected chi connectivity index (χ1v) is 8.32. The maximum absolute atomic E-state index is 12.1. The second kappa shape index (κ2) is 9.22. The molecule has 5 N–H and O–H groups in total. The molecule has 0 aromatic heterocycles. The van der Waals surface area contributed by atoms with Gasteiger partial charge in [-0.2, -0.15) is 0 Å². The third kappa shape index (κ3) is 5.62. The van der Waals surface area contributed by atoms with Gasteiger partial charge in [0.15, 0.2) is 0 Å². The maximum atomic E-state index is 12.1. The number of nitrogens with one attached hydrogen (secondary N) is 3. The molecular formula is C19H22N4O3. The first kappa shape index (κ1) is 19.0. The van der Waals surface area contributed by atoms with Gasteiger partial charge < -0.3 is 21.7 Å². The quantitative estimate of drug-likeness (QED) is 0.583. The van der Waals surface area contributed by atoms with Crippen LogP contribution in [0.25, 0.3) is 0 Å². The minimum Gasteiger partial charge on any atom is -0.376 e. The summed E-state index contributed by atoms with van der Waals surface area (Å²) < 4.78 is 0. The van der Waals surface area contributed by atoms with E-state index < -0.39 is 5.91 Å². The van der Waals surface area contributed by atoms with Gasteiger partial charge in [-0.1, -0.05) is 19.1 Å². The Bertz CT molecular complexity index is 788. The van der Waals surface area contributed by atoms with E-state index in [1.807, 2.05) is 6.92 Å². The van der Waals surface area contributed by atoms with Gasteiger partial charge in [0.25, 0.3) is 5.91 Å². The maximum Gasteiger partial charge on any atom is 0.250 e. The third-order valence-corrected chi connectivity index (χ3v) is 3.56. The number of para-hydroxylation sites is 1. The van der Waals surface area contributed by atoms with Crippen LogP contribution in [-0.4, -0.2) is 24.3 Å². The number of hydrogen-bond acceptors (Lipinski definition) is 4. The van der Waals surface area contributed by atoms with Crippen molar-refractivity contribution in [3.8, 4) is 0 Å². The topological polar surface area (TPSA) is 113 Å². The molecule has 7 heteroatoms. The predicted octanol–water partition coefficient (Wildman–Crippen LogP) is 2.57. The van der Waals surface area contributed by atoms with Crippen molar-refractivity contribution < 1.29 is 14.4 Å². The fourth-order valence-electron chi connectivity index (χ4n) is 2.32. The Morgan fingerprint density at radius 1 is 0.885 bits per heavy atom. The highest BCUT2D eigenvalue weighted by atomic mass is 16.2. The van der Waals surface area contributed by atoms with Gasteiger partial charge in [-0.25, -0.2) is 0 Å². The molecule has 2 rings (SSSR count). The van der Waals surface area contributed by atoms with Crippen molar-refractivity contribution in [2.45, 2.75) is 19.8 Å². The Morgan fingerprint density at radius 2 is 1.46 bits per heavy atom. The lowest BCUT2D eigenvalue weighted by Crippen LogP contribution is -2.23. The van der Waals surface area contributed by atoms with E-state index in [1.54, 1.807) is 48.5 Å². The number of anilines is 3. The highest BCUT2D eigenvalue weighted by Crippen LogP contribution is 2.15. The van der Waals surface area contributed by atoms with Gasteiger partial charge in [-0.05, 0) is 42.8 Å². The van der Waals surface area contributed by atoms with Gasteiger partial charge in [0.1, 0.15) is 0 Å². The van der Waals surface area contributed by atoms with E-state index >= 15 is 0 Å². The molecule has 0 saturated heterocycles. The molecule has 26 heavy (non-hydrogen) atoms. The second-order valence-corrected chi connectivity index (χ2v) is 5.69. The van der Waals surface area contributed by atoms with E-state index in [0.717, 1.165) is 6.42 Å². The van der Waals surface area contributed by atoms with Gasteiger partial charge in [-0.3, -0.25) is 14.4 Å². The van der Waals surface area contributed by atoms with E-state index in [9.17, 15) is 14.4 Å². The number of carbonyl (C=O) groups excluding carboxylic acids is 3. The zero-order valence-corrected chi connectivity index (χ0v) is 14.5. The fraction of sp³-hybridized carbons (Fsp3) is 0.211. The second-order valence-electron chi connectivity index (χ2n) is 5.69. The minimum atomic E-state index is -0.561. The molecule has 0 saturated carbocycles. The summed E-state index contributed by atoms with van der Waals surface area (Å²) in [5.74, 6) is -0.872. The van der Waals surface area contributed by atoms with E-state index in [1.165, 1.54) is 0 Å². The first-order valence-electron chi connectivity index (χ1n) is 8.32. The molecule has 0 spiro atoms. The summed E-state index contributed by atoms with van der Waals surface area (Å²) in [6.45, 7) is 1.92. The number of benzene rings is 2. The SMILES string of the molecule is CCCC(=O)Nc1ccc(NC(=O)CNc2ccccc2C(N)=O)cc1. The van der Waals surface area contributed by atoms with Crippen molar-refractivity contribution in [2.75, 3.05) is 22.5 Å². The zero-order valence-electron chi connectivity index (χ0n) is 14.5. The lowest BCUT2D eigenvalue weighted by molar-refractivity contribution is -0.116. The summed E-state index contributed by atoms with van der Waals surface area (Å²) >= 11 is 0. The lowest BCUT2D eigenvalue weighted by atomic mass is 10.1. The number of hydrogen-bond donors (Lipinski definition) is 4. The molecule has 0 unspecified atom stereocenters. The molecule has 0 radical (unpaired) electrons. The van der Waals surface area contributed by atoms with Crippen molar-refractivity contribution in [2.24, 2.45) is 5.73 Å². The molecular weight excluding hydrogens is 332 g/mol. The Balaban J connectivity index is 1.88. The van der Waals surface area contributed by atoms with Gasteiger partial charge >= 0.3 is 0 Å². The Kier molecular flexibility index (Phi) is 6.73. The van der Waals surface area contributed by atoms with Crippen LogP contribution in [0.1, 0.15) is 30.1 Å². The summed E-state index contributed by atoms with van der Waals surface area (Å²) in [6, 6.07) is 13.6. The zero-order chi connectivity index (χ0) is 18.9. The highest BCUT2D eigenvalue weighted by molar-refractivity contribution is 6.00. The van der Waals surface area contributed by atoms with Gasteiger partial charge in [0, 0.05) is 23.5 Å². The number of primary amides is 1. The summed E-state index contributed by atoms with van der Waals surface area (Å²) in [4.78, 5) is 35.0. The Morgan fingerprint density at radius 3 is 2.04 bits per heavy atom. The van der Waals surface area contributed by atoms with Gasteiger partial charge in [0.2, 0.25) is 11.8 Å². The average Bonchev–Trinajstić information content (AvgIpc) is 2.62. The first-order chi connectivity index (χ1) is 12.5. The van der Waals surface area contributed by atoms with Crippen LogP contribution >= 0.6 is 0 Å². The Hall–Kier alpha value is -3.35. The Labute approximate surface area is 152 Å². The van der Waals surface area contributed by atoms with Crippen LogP contribution in [0.4, 0.5) is 17.1 Å². The number of nitrogens with two attached hydrogens (primary N) is 1. The number of amides is 3. The standard InChI is InChI=1S/C19H22N4O3/c1-2-5-17(24)22-13-8-10-14(11-9-13)23-18(25)12-21-16-7-4-3-6-15(16)19(20)26/h3-4,6-11,21H,2,5,12H2,1H3,(H2,20,26)(H,22,24)(H,23,25). The van der Waals surface area contributed by atoms with E-state index in [-0.39, 0.29) is 18.4 Å². The lowest BCUT2D eigenvalue weighted by Gasteiger charge is -2.11. The normalized spacial score (nSPS) is 10.0. The van der Waals surface area contributed by atoms with Crippen LogP contribution in [0.3, 0.4) is 0 Å². The van der Waals surface area contributed by atoms with Crippen molar-refractivity contribution in [1.29, 1.82) is 0 Å². The van der Waals surface area contributed by atoms with E-state index in [2.05, 4.69) is 16.0 Å². The summed E-state index contributed by atoms with van der Waals surface area (Å²) in [5, 5.41) is 8.41. The molecule has 0 atom stereocenters. The minimum absolute atomic E-state index is 0.0146. The van der Waals surface area contributed by atoms with Crippen molar-refractivity contribution in [3.63, 3.8) is 0 Å². The van der Waals surface area contributed by atoms with Crippen molar-refractivity contribution >= 4 is 34.8 Å². The van der Waals surface area contributed by atoms with E-state index in [4.69, 9.17) is 5.73 Å². The highest BCUT2D eigenvalue weighted by Gasteiger charge is 2.09. The molecule has 0 aliphatic heterocycles. The molecule has 0 heterocycles. The predicted molar refractivity (Wildman–Crippen MR) is 102 cm³/mol. The summed E-state index contributed by atoms with van der Waals surface area (Å²) in [5.41, 5.74) is 7.41.